The average Bonchev–Trinajstić information content (AvgIpc) is 3.08. The van der Waals surface area contributed by atoms with Gasteiger partial charge in [0.1, 0.15) is 11.4 Å². The Labute approximate surface area is 177 Å². The summed E-state index contributed by atoms with van der Waals surface area (Å²) in [5.41, 5.74) is 3.05. The van der Waals surface area contributed by atoms with Gasteiger partial charge in [-0.2, -0.15) is 5.10 Å². The van der Waals surface area contributed by atoms with Crippen LogP contribution >= 0.6 is 0 Å². The average molecular weight is 430 g/mol. The summed E-state index contributed by atoms with van der Waals surface area (Å²) >= 11 is 0. The highest BCUT2D eigenvalue weighted by atomic mass is 19.2. The second-order valence-corrected chi connectivity index (χ2v) is 7.50. The first-order valence-electron chi connectivity index (χ1n) is 9.75. The van der Waals surface area contributed by atoms with E-state index in [1.54, 1.807) is 24.9 Å². The molecule has 1 aromatic carbocycles. The van der Waals surface area contributed by atoms with Gasteiger partial charge in [-0.25, -0.2) is 13.2 Å². The highest BCUT2D eigenvalue weighted by Gasteiger charge is 2.34. The predicted octanol–water partition coefficient (Wildman–Crippen LogP) is 3.98. The number of benzene rings is 1. The van der Waals surface area contributed by atoms with Crippen LogP contribution in [0.25, 0.3) is 11.3 Å². The van der Waals surface area contributed by atoms with Crippen molar-refractivity contribution in [3.05, 3.63) is 64.4 Å². The number of ether oxygens (including phenoxy) is 1. The van der Waals surface area contributed by atoms with E-state index >= 15 is 0 Å². The molecule has 0 fully saturated rings. The fourth-order valence-corrected chi connectivity index (χ4v) is 4.17. The van der Waals surface area contributed by atoms with Crippen LogP contribution < -0.4 is 4.74 Å². The fraction of sp³-hybridized carbons (Fsp3) is 0.318. The summed E-state index contributed by atoms with van der Waals surface area (Å²) in [7, 11) is 3.18. The van der Waals surface area contributed by atoms with E-state index in [0.717, 1.165) is 17.7 Å². The molecule has 3 aromatic rings. The monoisotopic (exact) mass is 430 g/mol. The number of hydrogen-bond acceptors (Lipinski definition) is 4. The number of fused-ring (bicyclic) bond motifs is 1. The molecule has 9 heteroatoms. The smallest absolute Gasteiger partial charge is 0.273 e. The lowest BCUT2D eigenvalue weighted by Gasteiger charge is -2.33. The van der Waals surface area contributed by atoms with Gasteiger partial charge in [0.15, 0.2) is 17.5 Å². The first-order chi connectivity index (χ1) is 14.7. The minimum atomic E-state index is -1.51. The Balaban J connectivity index is 1.72. The van der Waals surface area contributed by atoms with Crippen LogP contribution in [0.1, 0.15) is 40.3 Å². The largest absolute Gasteiger partial charge is 0.496 e. The second-order valence-electron chi connectivity index (χ2n) is 7.50. The van der Waals surface area contributed by atoms with Crippen LogP contribution in [-0.4, -0.2) is 39.2 Å². The van der Waals surface area contributed by atoms with Crippen LogP contribution in [0.5, 0.6) is 5.75 Å². The first-order valence-corrected chi connectivity index (χ1v) is 9.75. The van der Waals surface area contributed by atoms with E-state index < -0.39 is 23.5 Å². The van der Waals surface area contributed by atoms with Crippen LogP contribution in [0, 0.1) is 24.4 Å². The Morgan fingerprint density at radius 2 is 1.90 bits per heavy atom. The number of aromatic nitrogens is 3. The quantitative estimate of drug-likeness (QED) is 0.590. The summed E-state index contributed by atoms with van der Waals surface area (Å²) in [6.45, 7) is 3.99. The SMILES string of the molecule is COc1ccnc(C(=O)N2CCc3c(nn(C)c3-c3cc(F)c(F)c(F)c3)[C@@H]2C)c1C. The van der Waals surface area contributed by atoms with Crippen LogP contribution in [0.2, 0.25) is 0 Å². The van der Waals surface area contributed by atoms with Crippen molar-refractivity contribution in [1.29, 1.82) is 0 Å². The molecule has 31 heavy (non-hydrogen) atoms. The Kier molecular flexibility index (Phi) is 5.20. The molecule has 1 amide bonds. The Morgan fingerprint density at radius 1 is 1.23 bits per heavy atom. The number of carbonyl (C=O) groups is 1. The number of pyridine rings is 1. The Hall–Kier alpha value is -3.36. The third-order valence-electron chi connectivity index (χ3n) is 5.74. The minimum absolute atomic E-state index is 0.199. The number of carbonyl (C=O) groups excluding carboxylic acids is 1. The molecule has 162 valence electrons. The van der Waals surface area contributed by atoms with Crippen molar-refractivity contribution >= 4 is 5.91 Å². The highest BCUT2D eigenvalue weighted by Crippen LogP contribution is 2.37. The zero-order valence-corrected chi connectivity index (χ0v) is 17.5. The molecular weight excluding hydrogens is 409 g/mol. The second kappa shape index (κ2) is 7.72. The zero-order valence-electron chi connectivity index (χ0n) is 17.5. The molecule has 2 aromatic heterocycles. The minimum Gasteiger partial charge on any atom is -0.496 e. The fourth-order valence-electron chi connectivity index (χ4n) is 4.17. The van der Waals surface area contributed by atoms with E-state index in [-0.39, 0.29) is 11.5 Å². The molecule has 3 heterocycles. The van der Waals surface area contributed by atoms with Crippen LogP contribution in [0.3, 0.4) is 0 Å². The molecular formula is C22H21F3N4O2. The van der Waals surface area contributed by atoms with Gasteiger partial charge in [0, 0.05) is 36.5 Å². The van der Waals surface area contributed by atoms with Crippen molar-refractivity contribution in [1.82, 2.24) is 19.7 Å². The Bertz CT molecular complexity index is 1170. The summed E-state index contributed by atoms with van der Waals surface area (Å²) in [5, 5.41) is 4.51. The van der Waals surface area contributed by atoms with Gasteiger partial charge in [0.2, 0.25) is 0 Å². The first kappa shape index (κ1) is 20.9. The number of nitrogens with zero attached hydrogens (tertiary/aromatic N) is 4. The van der Waals surface area contributed by atoms with Crippen LogP contribution in [0.15, 0.2) is 24.4 Å². The lowest BCUT2D eigenvalue weighted by atomic mass is 9.95. The molecule has 0 spiro atoms. The maximum Gasteiger partial charge on any atom is 0.273 e. The molecule has 1 aliphatic heterocycles. The molecule has 0 radical (unpaired) electrons. The topological polar surface area (TPSA) is 60.2 Å². The van der Waals surface area contributed by atoms with Crippen molar-refractivity contribution in [2.24, 2.45) is 7.05 Å². The van der Waals surface area contributed by atoms with E-state index in [2.05, 4.69) is 10.1 Å². The normalized spacial score (nSPS) is 15.7. The molecule has 1 aliphatic rings. The molecule has 6 nitrogen and oxygen atoms in total. The third-order valence-corrected chi connectivity index (χ3v) is 5.74. The van der Waals surface area contributed by atoms with Gasteiger partial charge < -0.3 is 9.64 Å². The summed E-state index contributed by atoms with van der Waals surface area (Å²) in [6, 6.07) is 3.22. The van der Waals surface area contributed by atoms with Crippen molar-refractivity contribution in [2.45, 2.75) is 26.3 Å². The molecule has 0 saturated carbocycles. The van der Waals surface area contributed by atoms with E-state index in [9.17, 15) is 18.0 Å². The van der Waals surface area contributed by atoms with Gasteiger partial charge in [-0.3, -0.25) is 14.5 Å². The number of amides is 1. The number of hydrogen-bond donors (Lipinski definition) is 0. The van der Waals surface area contributed by atoms with Gasteiger partial charge in [-0.1, -0.05) is 0 Å². The summed E-state index contributed by atoms with van der Waals surface area (Å²) in [4.78, 5) is 19.1. The Morgan fingerprint density at radius 3 is 2.55 bits per heavy atom. The van der Waals surface area contributed by atoms with Gasteiger partial charge in [-0.15, -0.1) is 0 Å². The summed E-state index contributed by atoms with van der Waals surface area (Å²) in [5.74, 6) is -3.70. The van der Waals surface area contributed by atoms with E-state index in [4.69, 9.17) is 4.74 Å². The van der Waals surface area contributed by atoms with Crippen molar-refractivity contribution < 1.29 is 22.7 Å². The van der Waals surface area contributed by atoms with Crippen molar-refractivity contribution in [2.75, 3.05) is 13.7 Å². The van der Waals surface area contributed by atoms with Gasteiger partial charge in [-0.05, 0) is 38.5 Å². The van der Waals surface area contributed by atoms with E-state index in [1.165, 1.54) is 18.0 Å². The molecule has 0 unspecified atom stereocenters. The standard InChI is InChI=1S/C22H21F3N4O2/c1-11-17(31-4)5-7-26-19(11)22(30)29-8-6-14-20(12(29)2)27-28(3)21(14)13-9-15(23)18(25)16(24)10-13/h5,7,9-10,12H,6,8H2,1-4H3/t12-/m0/s1. The summed E-state index contributed by atoms with van der Waals surface area (Å²) < 4.78 is 47.8. The van der Waals surface area contributed by atoms with Gasteiger partial charge in [0.05, 0.1) is 24.5 Å². The van der Waals surface area contributed by atoms with Crippen LogP contribution in [0.4, 0.5) is 13.2 Å². The van der Waals surface area contributed by atoms with E-state index in [1.807, 2.05) is 6.92 Å². The number of rotatable bonds is 3. The lowest BCUT2D eigenvalue weighted by molar-refractivity contribution is 0.0666. The predicted molar refractivity (Wildman–Crippen MR) is 107 cm³/mol. The maximum atomic E-state index is 13.8. The number of halogens is 3. The molecule has 0 N–H and O–H groups in total. The lowest BCUT2D eigenvalue weighted by Crippen LogP contribution is -2.39. The number of aryl methyl sites for hydroxylation is 1. The van der Waals surface area contributed by atoms with Crippen molar-refractivity contribution in [3.8, 4) is 17.0 Å². The maximum absolute atomic E-state index is 13.8. The molecule has 0 aliphatic carbocycles. The molecule has 0 bridgehead atoms. The number of methoxy groups -OCH3 is 1. The third kappa shape index (κ3) is 3.34. The molecule has 1 atom stereocenters. The zero-order chi connectivity index (χ0) is 22.4. The van der Waals surface area contributed by atoms with Gasteiger partial charge in [0.25, 0.3) is 5.91 Å². The highest BCUT2D eigenvalue weighted by molar-refractivity contribution is 5.94. The van der Waals surface area contributed by atoms with Crippen molar-refractivity contribution in [3.63, 3.8) is 0 Å². The summed E-state index contributed by atoms with van der Waals surface area (Å²) in [6.07, 6.45) is 1.95. The van der Waals surface area contributed by atoms with Gasteiger partial charge >= 0.3 is 0 Å². The molecule has 0 saturated heterocycles. The van der Waals surface area contributed by atoms with Crippen LogP contribution in [-0.2, 0) is 13.5 Å². The molecule has 4 rings (SSSR count). The van der Waals surface area contributed by atoms with E-state index in [0.29, 0.717) is 41.4 Å².